The molecule has 1 aromatic carbocycles. The molecule has 2 nitrogen and oxygen atoms in total. The van der Waals surface area contributed by atoms with Crippen LogP contribution in [0.5, 0.6) is 0 Å². The van der Waals surface area contributed by atoms with Gasteiger partial charge in [0.25, 0.3) is 0 Å². The van der Waals surface area contributed by atoms with Crippen LogP contribution in [0.4, 0.5) is 10.1 Å². The van der Waals surface area contributed by atoms with E-state index in [2.05, 4.69) is 20.8 Å². The molecule has 2 N–H and O–H groups in total. The maximum atomic E-state index is 13.1. The van der Waals surface area contributed by atoms with Crippen LogP contribution in [0, 0.1) is 11.2 Å². The Kier molecular flexibility index (Phi) is 3.92. The third-order valence-corrected chi connectivity index (χ3v) is 2.91. The van der Waals surface area contributed by atoms with Crippen LogP contribution in [-0.2, 0) is 0 Å². The molecule has 1 aromatic rings. The van der Waals surface area contributed by atoms with Crippen molar-refractivity contribution in [3.05, 3.63) is 30.1 Å². The summed E-state index contributed by atoms with van der Waals surface area (Å²) in [7, 11) is 1.96. The lowest BCUT2D eigenvalue weighted by molar-refractivity contribution is 0.316. The fourth-order valence-electron chi connectivity index (χ4n) is 1.97. The SMILES string of the molecule is CN(c1cccc(F)c1)C(CN)C(C)(C)C. The molecular formula is C13H21FN2. The Bertz CT molecular complexity index is 344. The van der Waals surface area contributed by atoms with E-state index in [1.807, 2.05) is 18.0 Å². The smallest absolute Gasteiger partial charge is 0.125 e. The van der Waals surface area contributed by atoms with Crippen LogP contribution in [0.15, 0.2) is 24.3 Å². The minimum absolute atomic E-state index is 0.0653. The summed E-state index contributed by atoms with van der Waals surface area (Å²) in [6.07, 6.45) is 0. The Hall–Kier alpha value is -1.09. The highest BCUT2D eigenvalue weighted by Gasteiger charge is 2.27. The highest BCUT2D eigenvalue weighted by Crippen LogP contribution is 2.27. The normalized spacial score (nSPS) is 13.6. The molecule has 1 rings (SSSR count). The first-order valence-corrected chi connectivity index (χ1v) is 5.54. The third kappa shape index (κ3) is 2.95. The molecule has 0 aliphatic heterocycles. The molecule has 0 aliphatic rings. The van der Waals surface area contributed by atoms with Crippen molar-refractivity contribution >= 4 is 5.69 Å². The van der Waals surface area contributed by atoms with Gasteiger partial charge < -0.3 is 10.6 Å². The number of likely N-dealkylation sites (N-methyl/N-ethyl adjacent to an activating group) is 1. The zero-order chi connectivity index (χ0) is 12.3. The van der Waals surface area contributed by atoms with E-state index >= 15 is 0 Å². The van der Waals surface area contributed by atoms with Crippen molar-refractivity contribution < 1.29 is 4.39 Å². The van der Waals surface area contributed by atoms with Crippen LogP contribution in [0.1, 0.15) is 20.8 Å². The van der Waals surface area contributed by atoms with Gasteiger partial charge in [0.15, 0.2) is 0 Å². The summed E-state index contributed by atoms with van der Waals surface area (Å²) in [5.41, 5.74) is 6.73. The molecule has 1 unspecified atom stereocenters. The van der Waals surface area contributed by atoms with E-state index < -0.39 is 0 Å². The Morgan fingerprint density at radius 1 is 1.38 bits per heavy atom. The van der Waals surface area contributed by atoms with Crippen LogP contribution in [-0.4, -0.2) is 19.6 Å². The highest BCUT2D eigenvalue weighted by molar-refractivity contribution is 5.47. The first-order valence-electron chi connectivity index (χ1n) is 5.54. The zero-order valence-corrected chi connectivity index (χ0v) is 10.5. The lowest BCUT2D eigenvalue weighted by Gasteiger charge is -2.38. The van der Waals surface area contributed by atoms with Gasteiger partial charge in [-0.1, -0.05) is 26.8 Å². The van der Waals surface area contributed by atoms with Crippen LogP contribution < -0.4 is 10.6 Å². The largest absolute Gasteiger partial charge is 0.370 e. The number of hydrogen-bond acceptors (Lipinski definition) is 2. The number of benzene rings is 1. The summed E-state index contributed by atoms with van der Waals surface area (Å²) in [6, 6.07) is 6.80. The van der Waals surface area contributed by atoms with E-state index in [0.717, 1.165) is 5.69 Å². The lowest BCUT2D eigenvalue weighted by Crippen LogP contribution is -2.47. The second kappa shape index (κ2) is 4.83. The van der Waals surface area contributed by atoms with Crippen LogP contribution in [0.2, 0.25) is 0 Å². The molecule has 1 atom stereocenters. The summed E-state index contributed by atoms with van der Waals surface area (Å²) < 4.78 is 13.1. The van der Waals surface area contributed by atoms with Crippen molar-refractivity contribution in [2.24, 2.45) is 11.1 Å². The maximum Gasteiger partial charge on any atom is 0.125 e. The Morgan fingerprint density at radius 3 is 2.44 bits per heavy atom. The molecular weight excluding hydrogens is 203 g/mol. The van der Waals surface area contributed by atoms with Gasteiger partial charge in [-0.3, -0.25) is 0 Å². The molecule has 0 radical (unpaired) electrons. The van der Waals surface area contributed by atoms with Crippen molar-refractivity contribution in [2.75, 3.05) is 18.5 Å². The second-order valence-electron chi connectivity index (χ2n) is 5.21. The van der Waals surface area contributed by atoms with Gasteiger partial charge in [0.05, 0.1) is 0 Å². The van der Waals surface area contributed by atoms with Gasteiger partial charge in [-0.15, -0.1) is 0 Å². The van der Waals surface area contributed by atoms with Gasteiger partial charge >= 0.3 is 0 Å². The number of nitrogens with two attached hydrogens (primary N) is 1. The predicted molar refractivity (Wildman–Crippen MR) is 67.1 cm³/mol. The topological polar surface area (TPSA) is 29.3 Å². The minimum atomic E-state index is -0.214. The molecule has 0 fully saturated rings. The fourth-order valence-corrected chi connectivity index (χ4v) is 1.97. The van der Waals surface area contributed by atoms with E-state index in [0.29, 0.717) is 6.54 Å². The monoisotopic (exact) mass is 224 g/mol. The molecule has 0 saturated heterocycles. The molecule has 0 aromatic heterocycles. The Balaban J connectivity index is 2.96. The van der Waals surface area contributed by atoms with Crippen molar-refractivity contribution in [3.8, 4) is 0 Å². The minimum Gasteiger partial charge on any atom is -0.370 e. The van der Waals surface area contributed by atoms with Crippen LogP contribution >= 0.6 is 0 Å². The van der Waals surface area contributed by atoms with E-state index in [1.54, 1.807) is 6.07 Å². The molecule has 16 heavy (non-hydrogen) atoms. The second-order valence-corrected chi connectivity index (χ2v) is 5.21. The first-order chi connectivity index (χ1) is 7.36. The van der Waals surface area contributed by atoms with Crippen molar-refractivity contribution in [1.29, 1.82) is 0 Å². The number of hydrogen-bond donors (Lipinski definition) is 1. The summed E-state index contributed by atoms with van der Waals surface area (Å²) in [5, 5.41) is 0. The van der Waals surface area contributed by atoms with Crippen molar-refractivity contribution in [3.63, 3.8) is 0 Å². The molecule has 0 bridgehead atoms. The average Bonchev–Trinajstić information content (AvgIpc) is 2.16. The van der Waals surface area contributed by atoms with Gasteiger partial charge in [0, 0.05) is 25.3 Å². The van der Waals surface area contributed by atoms with E-state index in [4.69, 9.17) is 5.73 Å². The number of halogens is 1. The van der Waals surface area contributed by atoms with E-state index in [1.165, 1.54) is 12.1 Å². The third-order valence-electron chi connectivity index (χ3n) is 2.91. The van der Waals surface area contributed by atoms with Crippen LogP contribution in [0.25, 0.3) is 0 Å². The molecule has 0 heterocycles. The van der Waals surface area contributed by atoms with Crippen molar-refractivity contribution in [2.45, 2.75) is 26.8 Å². The Morgan fingerprint density at radius 2 is 2.00 bits per heavy atom. The number of anilines is 1. The summed E-state index contributed by atoms with van der Waals surface area (Å²) in [4.78, 5) is 2.04. The summed E-state index contributed by atoms with van der Waals surface area (Å²) in [6.45, 7) is 6.97. The molecule has 0 amide bonds. The standard InChI is InChI=1S/C13H21FN2/c1-13(2,3)12(9-15)16(4)11-7-5-6-10(14)8-11/h5-8,12H,9,15H2,1-4H3. The predicted octanol–water partition coefficient (Wildman–Crippen LogP) is 2.64. The molecule has 90 valence electrons. The molecule has 0 aliphatic carbocycles. The molecule has 3 heteroatoms. The summed E-state index contributed by atoms with van der Waals surface area (Å²) >= 11 is 0. The van der Waals surface area contributed by atoms with Crippen LogP contribution in [0.3, 0.4) is 0 Å². The number of rotatable bonds is 3. The van der Waals surface area contributed by atoms with Crippen molar-refractivity contribution in [1.82, 2.24) is 0 Å². The highest BCUT2D eigenvalue weighted by atomic mass is 19.1. The molecule has 0 saturated carbocycles. The average molecular weight is 224 g/mol. The summed E-state index contributed by atoms with van der Waals surface area (Å²) in [5.74, 6) is -0.214. The molecule has 0 spiro atoms. The van der Waals surface area contributed by atoms with Gasteiger partial charge in [-0.05, 0) is 23.6 Å². The quantitative estimate of drug-likeness (QED) is 0.855. The van der Waals surface area contributed by atoms with Gasteiger partial charge in [0.2, 0.25) is 0 Å². The lowest BCUT2D eigenvalue weighted by atomic mass is 9.85. The zero-order valence-electron chi connectivity index (χ0n) is 10.5. The van der Waals surface area contributed by atoms with Gasteiger partial charge in [-0.2, -0.15) is 0 Å². The maximum absolute atomic E-state index is 13.1. The van der Waals surface area contributed by atoms with Gasteiger partial charge in [-0.25, -0.2) is 4.39 Å². The number of nitrogens with zero attached hydrogens (tertiary/aromatic N) is 1. The Labute approximate surface area is 97.3 Å². The van der Waals surface area contributed by atoms with E-state index in [-0.39, 0.29) is 17.3 Å². The van der Waals surface area contributed by atoms with Gasteiger partial charge in [0.1, 0.15) is 5.82 Å². The fraction of sp³-hybridized carbons (Fsp3) is 0.538. The first kappa shape index (κ1) is 13.0. The van der Waals surface area contributed by atoms with E-state index in [9.17, 15) is 4.39 Å².